The van der Waals surface area contributed by atoms with E-state index in [4.69, 9.17) is 14.6 Å². The minimum atomic E-state index is -0.209. The number of benzene rings is 2. The Labute approximate surface area is 204 Å². The average Bonchev–Trinajstić information content (AvgIpc) is 3.42. The molecule has 0 saturated carbocycles. The predicted octanol–water partition coefficient (Wildman–Crippen LogP) is 4.84. The van der Waals surface area contributed by atoms with Crippen molar-refractivity contribution in [3.05, 3.63) is 77.6 Å². The number of nitrogens with one attached hydrogen (secondary N) is 2. The van der Waals surface area contributed by atoms with E-state index >= 15 is 0 Å². The highest BCUT2D eigenvalue weighted by molar-refractivity contribution is 6.06. The molecule has 1 unspecified atom stereocenters. The fraction of sp³-hybridized carbons (Fsp3) is 0.296. The molecule has 0 spiro atoms. The molecule has 0 aliphatic carbocycles. The number of H-pyrrole nitrogens is 1. The first kappa shape index (κ1) is 24.1. The summed E-state index contributed by atoms with van der Waals surface area (Å²) in [5.41, 5.74) is 3.87. The summed E-state index contributed by atoms with van der Waals surface area (Å²) in [5.74, 6) is 1.14. The van der Waals surface area contributed by atoms with Crippen molar-refractivity contribution in [2.24, 2.45) is 11.0 Å². The molecule has 35 heavy (non-hydrogen) atoms. The van der Waals surface area contributed by atoms with Gasteiger partial charge in [-0.1, -0.05) is 19.1 Å². The number of hydrogen-bond donors (Lipinski definition) is 2. The lowest BCUT2D eigenvalue weighted by atomic mass is 9.89. The topological polar surface area (TPSA) is 96.0 Å². The molecule has 4 rings (SSSR count). The Balaban J connectivity index is 1.53. The van der Waals surface area contributed by atoms with Crippen molar-refractivity contribution in [3.63, 3.8) is 0 Å². The molecule has 2 heterocycles. The molecule has 0 saturated heterocycles. The van der Waals surface area contributed by atoms with Crippen LogP contribution in [0.3, 0.4) is 0 Å². The number of methoxy groups -OCH3 is 1. The number of nitrogens with zero attached hydrogens (tertiary/aromatic N) is 2. The van der Waals surface area contributed by atoms with Crippen LogP contribution >= 0.6 is 0 Å². The van der Waals surface area contributed by atoms with Gasteiger partial charge in [-0.05, 0) is 61.4 Å². The molecule has 1 aliphatic rings. The third-order valence-electron chi connectivity index (χ3n) is 5.96. The normalized spacial score (nSPS) is 15.5. The van der Waals surface area contributed by atoms with E-state index in [1.807, 2.05) is 49.4 Å². The molecular formula is C27H30N4O4. The van der Waals surface area contributed by atoms with Gasteiger partial charge in [-0.25, -0.2) is 5.01 Å². The van der Waals surface area contributed by atoms with Crippen molar-refractivity contribution in [2.45, 2.75) is 33.2 Å². The third kappa shape index (κ3) is 5.54. The molecule has 2 aromatic carbocycles. The molecule has 2 amide bonds. The number of rotatable bonds is 9. The highest BCUT2D eigenvalue weighted by Crippen LogP contribution is 2.32. The van der Waals surface area contributed by atoms with Gasteiger partial charge in [0.05, 0.1) is 26.0 Å². The summed E-state index contributed by atoms with van der Waals surface area (Å²) in [6.45, 7) is 4.86. The van der Waals surface area contributed by atoms with Crippen LogP contribution in [0.15, 0.2) is 65.9 Å². The molecule has 8 heteroatoms. The summed E-state index contributed by atoms with van der Waals surface area (Å²) in [6, 6.07) is 16.7. The van der Waals surface area contributed by atoms with E-state index < -0.39 is 0 Å². The van der Waals surface area contributed by atoms with Gasteiger partial charge in [-0.2, -0.15) is 5.10 Å². The van der Waals surface area contributed by atoms with E-state index in [9.17, 15) is 9.59 Å². The summed E-state index contributed by atoms with van der Waals surface area (Å²) in [7, 11) is 1.61. The minimum absolute atomic E-state index is 0.0109. The molecule has 8 nitrogen and oxygen atoms in total. The van der Waals surface area contributed by atoms with E-state index in [1.54, 1.807) is 25.4 Å². The summed E-state index contributed by atoms with van der Waals surface area (Å²) < 4.78 is 11.1. The molecule has 0 radical (unpaired) electrons. The molecular weight excluding hydrogens is 444 g/mol. The Morgan fingerprint density at radius 3 is 2.60 bits per heavy atom. The van der Waals surface area contributed by atoms with Crippen molar-refractivity contribution in [1.82, 2.24) is 9.99 Å². The zero-order valence-electron chi connectivity index (χ0n) is 20.2. The molecule has 1 aromatic heterocycles. The van der Waals surface area contributed by atoms with Crippen LogP contribution in [0.1, 0.15) is 48.3 Å². The van der Waals surface area contributed by atoms with Gasteiger partial charge >= 0.3 is 0 Å². The first-order valence-electron chi connectivity index (χ1n) is 11.8. The van der Waals surface area contributed by atoms with Crippen LogP contribution in [0.2, 0.25) is 0 Å². The second kappa shape index (κ2) is 10.9. The molecule has 0 fully saturated rings. The van der Waals surface area contributed by atoms with Crippen LogP contribution in [0.5, 0.6) is 11.5 Å². The van der Waals surface area contributed by atoms with Crippen molar-refractivity contribution < 1.29 is 19.1 Å². The smallest absolute Gasteiger partial charge is 0.272 e. The van der Waals surface area contributed by atoms with E-state index in [1.165, 1.54) is 5.01 Å². The molecule has 1 aliphatic heterocycles. The van der Waals surface area contributed by atoms with Gasteiger partial charge in [0.1, 0.15) is 5.69 Å². The molecule has 2 N–H and O–H groups in total. The minimum Gasteiger partial charge on any atom is -0.493 e. The molecule has 182 valence electrons. The quantitative estimate of drug-likeness (QED) is 0.464. The van der Waals surface area contributed by atoms with Gasteiger partial charge in [0.15, 0.2) is 11.5 Å². The fourth-order valence-corrected chi connectivity index (χ4v) is 4.08. The number of aromatic amines is 1. The van der Waals surface area contributed by atoms with Crippen molar-refractivity contribution in [3.8, 4) is 11.5 Å². The lowest BCUT2D eigenvalue weighted by molar-refractivity contribution is -0.133. The highest BCUT2D eigenvalue weighted by Gasteiger charge is 2.29. The number of hydrogen-bond acceptors (Lipinski definition) is 5. The van der Waals surface area contributed by atoms with Gasteiger partial charge < -0.3 is 19.8 Å². The molecule has 0 bridgehead atoms. The summed E-state index contributed by atoms with van der Waals surface area (Å²) in [6.07, 6.45) is 2.91. The maximum atomic E-state index is 12.9. The van der Waals surface area contributed by atoms with E-state index in [2.05, 4.69) is 17.2 Å². The lowest BCUT2D eigenvalue weighted by Crippen LogP contribution is -2.36. The summed E-state index contributed by atoms with van der Waals surface area (Å²) in [5, 5.41) is 9.15. The van der Waals surface area contributed by atoms with Crippen LogP contribution in [0, 0.1) is 5.92 Å². The maximum absolute atomic E-state index is 12.9. The van der Waals surface area contributed by atoms with Crippen molar-refractivity contribution >= 4 is 23.2 Å². The van der Waals surface area contributed by atoms with Gasteiger partial charge in [-0.15, -0.1) is 0 Å². The first-order chi connectivity index (χ1) is 17.0. The Kier molecular flexibility index (Phi) is 7.50. The van der Waals surface area contributed by atoms with Crippen LogP contribution in [0.4, 0.5) is 5.69 Å². The second-order valence-corrected chi connectivity index (χ2v) is 8.28. The molecule has 3 aromatic rings. The van der Waals surface area contributed by atoms with Crippen molar-refractivity contribution in [2.75, 3.05) is 19.0 Å². The summed E-state index contributed by atoms with van der Waals surface area (Å²) in [4.78, 5) is 28.0. The van der Waals surface area contributed by atoms with Gasteiger partial charge in [0.25, 0.3) is 5.91 Å². The zero-order chi connectivity index (χ0) is 24.8. The van der Waals surface area contributed by atoms with Gasteiger partial charge in [0.2, 0.25) is 5.91 Å². The van der Waals surface area contributed by atoms with Gasteiger partial charge in [-0.3, -0.25) is 9.59 Å². The molecule has 1 atom stereocenters. The zero-order valence-corrected chi connectivity index (χ0v) is 20.2. The number of hydrazone groups is 1. The highest BCUT2D eigenvalue weighted by atomic mass is 16.5. The number of ether oxygens (including phenoxy) is 2. The fourth-order valence-electron chi connectivity index (χ4n) is 4.08. The van der Waals surface area contributed by atoms with Gasteiger partial charge in [0, 0.05) is 29.8 Å². The summed E-state index contributed by atoms with van der Waals surface area (Å²) >= 11 is 0. The number of anilines is 1. The lowest BCUT2D eigenvalue weighted by Gasteiger charge is -2.29. The SMILES string of the molecule is CCOc1cc(C2=NN(Cc3ccc(NC(=O)c4ccc[nH]4)cc3)C(=O)CC2CC)ccc1OC. The Morgan fingerprint density at radius 1 is 1.14 bits per heavy atom. The number of amides is 2. The average molecular weight is 475 g/mol. The Morgan fingerprint density at radius 2 is 1.94 bits per heavy atom. The van der Waals surface area contributed by atoms with Crippen LogP contribution in [-0.4, -0.2) is 41.2 Å². The number of carbonyl (C=O) groups is 2. The monoisotopic (exact) mass is 474 g/mol. The Hall–Kier alpha value is -4.07. The van der Waals surface area contributed by atoms with Crippen LogP contribution < -0.4 is 14.8 Å². The van der Waals surface area contributed by atoms with Crippen molar-refractivity contribution in [1.29, 1.82) is 0 Å². The Bertz CT molecular complexity index is 1200. The number of aromatic nitrogens is 1. The van der Waals surface area contributed by atoms with Crippen LogP contribution in [-0.2, 0) is 11.3 Å². The predicted molar refractivity (Wildman–Crippen MR) is 135 cm³/mol. The largest absolute Gasteiger partial charge is 0.493 e. The standard InChI is InChI=1S/C27H30N4O4/c1-4-19-16-25(32)31(30-26(19)20-10-13-23(34-3)24(15-20)35-5-2)17-18-8-11-21(12-9-18)29-27(33)22-7-6-14-28-22/h6-15,19,28H,4-5,16-17H2,1-3H3,(H,29,33). The number of carbonyl (C=O) groups excluding carboxylic acids is 2. The maximum Gasteiger partial charge on any atom is 0.272 e. The first-order valence-corrected chi connectivity index (χ1v) is 11.8. The van der Waals surface area contributed by atoms with E-state index in [0.29, 0.717) is 42.5 Å². The van der Waals surface area contributed by atoms with E-state index in [-0.39, 0.29) is 17.7 Å². The van der Waals surface area contributed by atoms with Crippen LogP contribution in [0.25, 0.3) is 0 Å². The third-order valence-corrected chi connectivity index (χ3v) is 5.96. The van der Waals surface area contributed by atoms with E-state index in [0.717, 1.165) is 23.3 Å². The second-order valence-electron chi connectivity index (χ2n) is 8.28.